The van der Waals surface area contributed by atoms with E-state index in [1.165, 1.54) is 0 Å². The maximum absolute atomic E-state index is 13.0. The van der Waals surface area contributed by atoms with E-state index in [1.54, 1.807) is 5.57 Å². The molecule has 45 heavy (non-hydrogen) atoms. The van der Waals surface area contributed by atoms with E-state index in [0.717, 1.165) is 51.4 Å². The van der Waals surface area contributed by atoms with Crippen LogP contribution in [-0.2, 0) is 19.1 Å². The maximum Gasteiger partial charge on any atom is 0.335 e. The van der Waals surface area contributed by atoms with E-state index in [-0.39, 0.29) is 39.6 Å². The van der Waals surface area contributed by atoms with Crippen LogP contribution in [0.4, 0.5) is 0 Å². The molecule has 0 spiro atoms. The van der Waals surface area contributed by atoms with Gasteiger partial charge >= 0.3 is 11.9 Å². The Labute approximate surface area is 267 Å². The molecule has 0 aromatic heterocycles. The molecule has 6 aliphatic rings. The SMILES string of the molecule is C[C@H]1[C@H](C)CC[C@]2(C(=O)O)CC[C@]3(C)C4=CCC5C(C)(C)[C@@H](O[C@@H]6O[C@H](C(=O)O)[C@@H](O)[C@H](O)[C@H]6O)CC[C@]5(C)C4CC[C@@]3(C)[C@H]12. The summed E-state index contributed by atoms with van der Waals surface area (Å²) in [7, 11) is 0. The number of allylic oxidation sites excluding steroid dienone is 2. The third kappa shape index (κ3) is 4.42. The van der Waals surface area contributed by atoms with Crippen molar-refractivity contribution < 1.29 is 44.6 Å². The predicted octanol–water partition coefficient (Wildman–Crippen LogP) is 5.01. The van der Waals surface area contributed by atoms with Crippen molar-refractivity contribution in [3.05, 3.63) is 11.6 Å². The molecule has 1 saturated heterocycles. The van der Waals surface area contributed by atoms with Crippen LogP contribution in [0.15, 0.2) is 11.6 Å². The second-order valence-electron chi connectivity index (χ2n) is 17.3. The third-order valence-electron chi connectivity index (χ3n) is 15.4. The Morgan fingerprint density at radius 2 is 1.56 bits per heavy atom. The fourth-order valence-electron chi connectivity index (χ4n) is 12.5. The fraction of sp³-hybridized carbons (Fsp3) is 0.889. The summed E-state index contributed by atoms with van der Waals surface area (Å²) >= 11 is 0. The lowest BCUT2D eigenvalue weighted by Crippen LogP contribution is -2.66. The van der Waals surface area contributed by atoms with Gasteiger partial charge in [0, 0.05) is 0 Å². The van der Waals surface area contributed by atoms with Crippen molar-refractivity contribution in [1.82, 2.24) is 0 Å². The highest BCUT2D eigenvalue weighted by Crippen LogP contribution is 2.76. The zero-order valence-corrected chi connectivity index (χ0v) is 28.2. The fourth-order valence-corrected chi connectivity index (χ4v) is 12.5. The molecule has 1 aliphatic heterocycles. The lowest BCUT2D eigenvalue weighted by Gasteiger charge is -2.71. The van der Waals surface area contributed by atoms with Gasteiger partial charge in [0.2, 0.25) is 0 Å². The summed E-state index contributed by atoms with van der Waals surface area (Å²) in [5.74, 6) is -0.359. The summed E-state index contributed by atoms with van der Waals surface area (Å²) in [5, 5.41) is 51.5. The van der Waals surface area contributed by atoms with Gasteiger partial charge in [-0.1, -0.05) is 60.1 Å². The van der Waals surface area contributed by atoms with E-state index in [9.17, 15) is 35.1 Å². The number of hydrogen-bond acceptors (Lipinski definition) is 7. The highest BCUT2D eigenvalue weighted by atomic mass is 16.7. The molecule has 0 radical (unpaired) electrons. The number of aliphatic hydroxyl groups is 3. The molecule has 1 heterocycles. The van der Waals surface area contributed by atoms with Gasteiger partial charge in [-0.25, -0.2) is 4.79 Å². The minimum Gasteiger partial charge on any atom is -0.481 e. The van der Waals surface area contributed by atoms with Crippen molar-refractivity contribution in [2.24, 2.45) is 56.7 Å². The standard InChI is InChI=1S/C36H56O9/c1-18-10-15-36(31(42)43)17-16-34(6)21-8-9-22-32(3,4)23(44-30-26(39)24(37)25(38)27(45-30)29(40)41)12-13-33(22,5)20(21)11-14-35(34,7)28(36)19(18)2/h8,18-20,22-28,30,37-39H,9-17H2,1-7H3,(H,40,41)(H,42,43)/t18-,19+,20?,22?,23+,24+,25+,26-,27+,28+,30-,33-,34-,35+,36+/m1/s1. The largest absolute Gasteiger partial charge is 0.481 e. The predicted molar refractivity (Wildman–Crippen MR) is 166 cm³/mol. The molecule has 254 valence electrons. The Kier molecular flexibility index (Phi) is 7.97. The lowest BCUT2D eigenvalue weighted by atomic mass is 9.33. The molecule has 0 aromatic rings. The zero-order valence-electron chi connectivity index (χ0n) is 28.2. The molecule has 15 atom stereocenters. The monoisotopic (exact) mass is 632 g/mol. The molecule has 5 aliphatic carbocycles. The molecule has 5 fully saturated rings. The number of carboxylic acid groups (broad SMARTS) is 2. The van der Waals surface area contributed by atoms with Gasteiger partial charge in [-0.05, 0) is 109 Å². The van der Waals surface area contributed by atoms with Gasteiger partial charge in [-0.15, -0.1) is 0 Å². The Hall–Kier alpha value is -1.52. The van der Waals surface area contributed by atoms with Crippen molar-refractivity contribution in [1.29, 1.82) is 0 Å². The molecule has 6 rings (SSSR count). The highest BCUT2D eigenvalue weighted by molar-refractivity contribution is 5.76. The normalized spacial score (nSPS) is 54.0. The molecule has 5 N–H and O–H groups in total. The van der Waals surface area contributed by atoms with Crippen LogP contribution in [0.1, 0.15) is 106 Å². The zero-order chi connectivity index (χ0) is 33.1. The van der Waals surface area contributed by atoms with E-state index >= 15 is 0 Å². The van der Waals surface area contributed by atoms with E-state index in [1.807, 2.05) is 0 Å². The number of aliphatic carboxylic acids is 2. The quantitative estimate of drug-likeness (QED) is 0.269. The minimum atomic E-state index is -1.75. The number of fused-ring (bicyclic) bond motifs is 7. The number of aliphatic hydroxyl groups excluding tert-OH is 3. The molecule has 0 amide bonds. The van der Waals surface area contributed by atoms with Crippen LogP contribution < -0.4 is 0 Å². The summed E-state index contributed by atoms with van der Waals surface area (Å²) < 4.78 is 11.9. The van der Waals surface area contributed by atoms with Gasteiger partial charge in [-0.3, -0.25) is 4.79 Å². The molecule has 4 saturated carbocycles. The first-order valence-corrected chi connectivity index (χ1v) is 17.4. The summed E-state index contributed by atoms with van der Waals surface area (Å²) in [6.45, 7) is 16.3. The number of hydrogen-bond donors (Lipinski definition) is 5. The summed E-state index contributed by atoms with van der Waals surface area (Å²) in [4.78, 5) is 24.7. The van der Waals surface area contributed by atoms with Crippen LogP contribution >= 0.6 is 0 Å². The maximum atomic E-state index is 13.0. The van der Waals surface area contributed by atoms with E-state index in [4.69, 9.17) is 9.47 Å². The Morgan fingerprint density at radius 3 is 2.20 bits per heavy atom. The van der Waals surface area contributed by atoms with E-state index < -0.39 is 48.1 Å². The van der Waals surface area contributed by atoms with Crippen LogP contribution in [0.5, 0.6) is 0 Å². The number of carbonyl (C=O) groups is 2. The first kappa shape index (κ1) is 33.4. The van der Waals surface area contributed by atoms with Crippen LogP contribution in [0.25, 0.3) is 0 Å². The number of rotatable bonds is 4. The molecule has 9 heteroatoms. The smallest absolute Gasteiger partial charge is 0.335 e. The van der Waals surface area contributed by atoms with Crippen LogP contribution in [0.2, 0.25) is 0 Å². The Balaban J connectivity index is 1.30. The molecule has 0 aromatic carbocycles. The topological polar surface area (TPSA) is 154 Å². The molecule has 0 bridgehead atoms. The highest BCUT2D eigenvalue weighted by Gasteiger charge is 2.70. The lowest BCUT2D eigenvalue weighted by molar-refractivity contribution is -0.320. The Bertz CT molecular complexity index is 1250. The van der Waals surface area contributed by atoms with Crippen molar-refractivity contribution >= 4 is 11.9 Å². The Morgan fingerprint density at radius 1 is 0.867 bits per heavy atom. The van der Waals surface area contributed by atoms with Crippen molar-refractivity contribution in [3.63, 3.8) is 0 Å². The summed E-state index contributed by atoms with van der Waals surface area (Å²) in [5.41, 5.74) is 0.385. The molecular formula is C36H56O9. The first-order valence-electron chi connectivity index (χ1n) is 17.4. The average Bonchev–Trinajstić information content (AvgIpc) is 2.96. The average molecular weight is 633 g/mol. The third-order valence-corrected chi connectivity index (χ3v) is 15.4. The van der Waals surface area contributed by atoms with Crippen molar-refractivity contribution in [2.75, 3.05) is 0 Å². The molecule has 9 nitrogen and oxygen atoms in total. The van der Waals surface area contributed by atoms with Crippen LogP contribution in [0.3, 0.4) is 0 Å². The number of carboxylic acids is 2. The van der Waals surface area contributed by atoms with Gasteiger partial charge in [0.25, 0.3) is 0 Å². The molecule has 2 unspecified atom stereocenters. The summed E-state index contributed by atoms with van der Waals surface area (Å²) in [6, 6.07) is 0. The van der Waals surface area contributed by atoms with Gasteiger partial charge in [0.1, 0.15) is 18.3 Å². The van der Waals surface area contributed by atoms with Gasteiger partial charge in [0.15, 0.2) is 12.4 Å². The van der Waals surface area contributed by atoms with Crippen molar-refractivity contribution in [3.8, 4) is 0 Å². The van der Waals surface area contributed by atoms with Gasteiger partial charge in [-0.2, -0.15) is 0 Å². The second-order valence-corrected chi connectivity index (χ2v) is 17.3. The minimum absolute atomic E-state index is 0.00403. The van der Waals surface area contributed by atoms with Crippen molar-refractivity contribution in [2.45, 2.75) is 143 Å². The second kappa shape index (κ2) is 10.7. The van der Waals surface area contributed by atoms with Crippen LogP contribution in [-0.4, -0.2) is 74.3 Å². The van der Waals surface area contributed by atoms with Gasteiger partial charge < -0.3 is 35.0 Å². The van der Waals surface area contributed by atoms with Crippen LogP contribution in [0, 0.1) is 56.7 Å². The molecular weight excluding hydrogens is 576 g/mol. The van der Waals surface area contributed by atoms with Gasteiger partial charge in [0.05, 0.1) is 11.5 Å². The summed E-state index contributed by atoms with van der Waals surface area (Å²) in [6.07, 6.45) is 2.02. The van der Waals surface area contributed by atoms with E-state index in [0.29, 0.717) is 24.2 Å². The number of ether oxygens (including phenoxy) is 2. The first-order chi connectivity index (χ1) is 20.9. The van der Waals surface area contributed by atoms with E-state index in [2.05, 4.69) is 54.5 Å².